The number of hydrogen-bond donors (Lipinski definition) is 0. The summed E-state index contributed by atoms with van der Waals surface area (Å²) >= 11 is 0. The molecule has 1 fully saturated rings. The number of hydrogen-bond acceptors (Lipinski definition) is 1. The molecule has 3 rings (SSSR count). The average molecular weight is 386 g/mol. The van der Waals surface area contributed by atoms with Crippen molar-refractivity contribution in [2.24, 2.45) is 5.92 Å². The molecule has 0 atom stereocenters. The lowest BCUT2D eigenvalue weighted by Crippen LogP contribution is -2.12. The molecule has 1 saturated carbocycles. The molecule has 0 N–H and O–H groups in total. The van der Waals surface area contributed by atoms with E-state index in [1.165, 1.54) is 0 Å². The standard InChI is InChI=1S/C24H25F3O/c1-3-14-28-22-13-12-20(15-21(22)25)18-9-5-17(6-10-18)7-11-19-8-4-16(2)23(26)24(19)27/h3-4,7-8,11-13,15,17-18H,1,5-6,9-10,14H2,2H3/b11-7+. The van der Waals surface area contributed by atoms with Gasteiger partial charge in [-0.25, -0.2) is 13.2 Å². The highest BCUT2D eigenvalue weighted by Gasteiger charge is 2.22. The first-order valence-corrected chi connectivity index (χ1v) is 9.65. The first-order chi connectivity index (χ1) is 13.5. The normalized spacial score (nSPS) is 19.7. The maximum atomic E-state index is 14.2. The van der Waals surface area contributed by atoms with Crippen LogP contribution in [0.4, 0.5) is 13.2 Å². The van der Waals surface area contributed by atoms with Gasteiger partial charge in [0, 0.05) is 5.56 Å². The average Bonchev–Trinajstić information content (AvgIpc) is 2.71. The number of allylic oxidation sites excluding steroid dienone is 1. The molecule has 1 aliphatic carbocycles. The van der Waals surface area contributed by atoms with Gasteiger partial charge >= 0.3 is 0 Å². The van der Waals surface area contributed by atoms with Gasteiger partial charge in [-0.1, -0.05) is 43.0 Å². The molecule has 0 aromatic heterocycles. The van der Waals surface area contributed by atoms with Crippen molar-refractivity contribution in [1.29, 1.82) is 0 Å². The predicted octanol–water partition coefficient (Wildman–Crippen LogP) is 6.96. The van der Waals surface area contributed by atoms with Gasteiger partial charge in [0.1, 0.15) is 6.61 Å². The summed E-state index contributed by atoms with van der Waals surface area (Å²) in [4.78, 5) is 0. The third-order valence-electron chi connectivity index (χ3n) is 5.41. The van der Waals surface area contributed by atoms with Crippen molar-refractivity contribution in [1.82, 2.24) is 0 Å². The van der Waals surface area contributed by atoms with Crippen molar-refractivity contribution in [2.45, 2.75) is 38.5 Å². The van der Waals surface area contributed by atoms with E-state index in [0.29, 0.717) is 17.4 Å². The molecule has 0 spiro atoms. The monoisotopic (exact) mass is 386 g/mol. The highest BCUT2D eigenvalue weighted by Crippen LogP contribution is 2.37. The van der Waals surface area contributed by atoms with E-state index >= 15 is 0 Å². The maximum absolute atomic E-state index is 14.2. The van der Waals surface area contributed by atoms with Gasteiger partial charge in [0.2, 0.25) is 0 Å². The first kappa shape index (κ1) is 20.2. The minimum absolute atomic E-state index is 0.243. The molecular weight excluding hydrogens is 361 g/mol. The summed E-state index contributed by atoms with van der Waals surface area (Å²) in [6.45, 7) is 5.39. The van der Waals surface area contributed by atoms with Crippen LogP contribution >= 0.6 is 0 Å². The molecule has 0 radical (unpaired) electrons. The SMILES string of the molecule is C=CCOc1ccc(C2CCC(/C=C/c3ccc(C)c(F)c3F)CC2)cc1F. The molecule has 0 saturated heterocycles. The minimum Gasteiger partial charge on any atom is -0.486 e. The fourth-order valence-electron chi connectivity index (χ4n) is 3.71. The predicted molar refractivity (Wildman–Crippen MR) is 107 cm³/mol. The van der Waals surface area contributed by atoms with Crippen LogP contribution in [0.25, 0.3) is 6.08 Å². The maximum Gasteiger partial charge on any atom is 0.166 e. The quantitative estimate of drug-likeness (QED) is 0.487. The Morgan fingerprint density at radius 3 is 2.46 bits per heavy atom. The second-order valence-corrected chi connectivity index (χ2v) is 7.36. The van der Waals surface area contributed by atoms with Crippen LogP contribution < -0.4 is 4.74 Å². The van der Waals surface area contributed by atoms with E-state index in [4.69, 9.17) is 4.74 Å². The summed E-state index contributed by atoms with van der Waals surface area (Å²) in [7, 11) is 0. The van der Waals surface area contributed by atoms with E-state index in [1.807, 2.05) is 12.1 Å². The Kier molecular flexibility index (Phi) is 6.61. The van der Waals surface area contributed by atoms with Crippen LogP contribution in [0.5, 0.6) is 5.75 Å². The Balaban J connectivity index is 1.59. The van der Waals surface area contributed by atoms with Crippen molar-refractivity contribution in [3.8, 4) is 5.75 Å². The zero-order chi connectivity index (χ0) is 20.1. The van der Waals surface area contributed by atoms with E-state index in [1.54, 1.807) is 43.3 Å². The zero-order valence-corrected chi connectivity index (χ0v) is 16.1. The summed E-state index contributed by atoms with van der Waals surface area (Å²) in [6, 6.07) is 8.35. The third kappa shape index (κ3) is 4.67. The zero-order valence-electron chi connectivity index (χ0n) is 16.1. The van der Waals surface area contributed by atoms with Crippen LogP contribution in [0.2, 0.25) is 0 Å². The van der Waals surface area contributed by atoms with E-state index in [2.05, 4.69) is 6.58 Å². The van der Waals surface area contributed by atoms with E-state index < -0.39 is 11.6 Å². The van der Waals surface area contributed by atoms with Crippen LogP contribution in [0.3, 0.4) is 0 Å². The Bertz CT molecular complexity index is 864. The van der Waals surface area contributed by atoms with Gasteiger partial charge in [0.05, 0.1) is 0 Å². The molecule has 2 aromatic rings. The second kappa shape index (κ2) is 9.13. The minimum atomic E-state index is -0.792. The molecule has 0 unspecified atom stereocenters. The molecule has 0 bridgehead atoms. The highest BCUT2D eigenvalue weighted by molar-refractivity contribution is 5.51. The van der Waals surface area contributed by atoms with Crippen molar-refractivity contribution in [3.63, 3.8) is 0 Å². The topological polar surface area (TPSA) is 9.23 Å². The molecular formula is C24H25F3O. The van der Waals surface area contributed by atoms with E-state index in [-0.39, 0.29) is 23.7 Å². The van der Waals surface area contributed by atoms with Gasteiger partial charge in [0.15, 0.2) is 23.2 Å². The number of ether oxygens (including phenoxy) is 1. The Morgan fingerprint density at radius 1 is 1.04 bits per heavy atom. The lowest BCUT2D eigenvalue weighted by Gasteiger charge is -2.27. The van der Waals surface area contributed by atoms with Gasteiger partial charge in [-0.05, 0) is 67.7 Å². The van der Waals surface area contributed by atoms with Crippen LogP contribution in [-0.4, -0.2) is 6.61 Å². The number of rotatable bonds is 6. The van der Waals surface area contributed by atoms with Gasteiger partial charge in [-0.15, -0.1) is 0 Å². The van der Waals surface area contributed by atoms with Crippen LogP contribution in [0.15, 0.2) is 49.1 Å². The third-order valence-corrected chi connectivity index (χ3v) is 5.41. The summed E-state index contributed by atoms with van der Waals surface area (Å²) in [5.41, 5.74) is 1.57. The molecule has 0 amide bonds. The smallest absolute Gasteiger partial charge is 0.166 e. The van der Waals surface area contributed by atoms with Crippen molar-refractivity contribution in [3.05, 3.63) is 83.2 Å². The van der Waals surface area contributed by atoms with Crippen molar-refractivity contribution in [2.75, 3.05) is 6.61 Å². The lowest BCUT2D eigenvalue weighted by molar-refractivity contribution is 0.340. The Morgan fingerprint density at radius 2 is 1.79 bits per heavy atom. The number of benzene rings is 2. The van der Waals surface area contributed by atoms with Gasteiger partial charge < -0.3 is 4.74 Å². The Labute approximate surface area is 164 Å². The second-order valence-electron chi connectivity index (χ2n) is 7.36. The van der Waals surface area contributed by atoms with Gasteiger partial charge in [0.25, 0.3) is 0 Å². The molecule has 1 aliphatic rings. The molecule has 0 aliphatic heterocycles. The van der Waals surface area contributed by atoms with Crippen LogP contribution in [0.1, 0.15) is 48.3 Å². The lowest BCUT2D eigenvalue weighted by atomic mass is 9.78. The molecule has 28 heavy (non-hydrogen) atoms. The van der Waals surface area contributed by atoms with Crippen molar-refractivity contribution >= 4 is 6.08 Å². The fourth-order valence-corrected chi connectivity index (χ4v) is 3.71. The van der Waals surface area contributed by atoms with Crippen LogP contribution in [0, 0.1) is 30.3 Å². The number of aryl methyl sites for hydroxylation is 1. The molecule has 4 heteroatoms. The Hall–Kier alpha value is -2.49. The van der Waals surface area contributed by atoms with Gasteiger partial charge in [-0.3, -0.25) is 0 Å². The summed E-state index contributed by atoms with van der Waals surface area (Å²) in [5.74, 6) is -1.06. The molecule has 148 valence electrons. The number of halogens is 3. The summed E-state index contributed by atoms with van der Waals surface area (Å²) < 4.78 is 47.1. The van der Waals surface area contributed by atoms with E-state index in [0.717, 1.165) is 31.2 Å². The highest BCUT2D eigenvalue weighted by atomic mass is 19.2. The summed E-state index contributed by atoms with van der Waals surface area (Å²) in [6.07, 6.45) is 8.97. The first-order valence-electron chi connectivity index (χ1n) is 9.65. The van der Waals surface area contributed by atoms with Crippen molar-refractivity contribution < 1.29 is 17.9 Å². The summed E-state index contributed by atoms with van der Waals surface area (Å²) in [5, 5.41) is 0. The molecule has 1 nitrogen and oxygen atoms in total. The molecule has 0 heterocycles. The van der Waals surface area contributed by atoms with Crippen LogP contribution in [-0.2, 0) is 0 Å². The molecule has 2 aromatic carbocycles. The largest absolute Gasteiger partial charge is 0.486 e. The fraction of sp³-hybridized carbons (Fsp3) is 0.333. The van der Waals surface area contributed by atoms with Gasteiger partial charge in [-0.2, -0.15) is 0 Å². The van der Waals surface area contributed by atoms with E-state index in [9.17, 15) is 13.2 Å².